The van der Waals surface area contributed by atoms with Gasteiger partial charge in [-0.2, -0.15) is 0 Å². The third-order valence-corrected chi connectivity index (χ3v) is 5.60. The van der Waals surface area contributed by atoms with Crippen LogP contribution in [0.3, 0.4) is 0 Å². The highest BCUT2D eigenvalue weighted by molar-refractivity contribution is 5.91. The van der Waals surface area contributed by atoms with Crippen molar-refractivity contribution in [2.24, 2.45) is 0 Å². The summed E-state index contributed by atoms with van der Waals surface area (Å²) in [4.78, 5) is 27.9. The molecule has 25 heavy (non-hydrogen) atoms. The smallest absolute Gasteiger partial charge is 0.339 e. The van der Waals surface area contributed by atoms with E-state index in [1.165, 1.54) is 7.11 Å². The van der Waals surface area contributed by atoms with Gasteiger partial charge in [0.05, 0.1) is 19.8 Å². The number of hydrogen-bond donors (Lipinski definition) is 1. The predicted molar refractivity (Wildman–Crippen MR) is 88.4 cm³/mol. The number of rotatable bonds is 4. The van der Waals surface area contributed by atoms with Crippen molar-refractivity contribution in [1.82, 2.24) is 9.80 Å². The minimum atomic E-state index is -1.01. The van der Waals surface area contributed by atoms with E-state index < -0.39 is 11.7 Å². The molecule has 0 bridgehead atoms. The first kappa shape index (κ1) is 16.4. The number of carboxylic acid groups (broad SMARTS) is 1. The maximum absolute atomic E-state index is 12.4. The number of amides is 1. The normalized spacial score (nSPS) is 28.8. The zero-order valence-corrected chi connectivity index (χ0v) is 14.2. The molecular formula is C18H22N2O5. The molecule has 1 N–H and O–H groups in total. The van der Waals surface area contributed by atoms with E-state index in [-0.39, 0.29) is 17.5 Å². The third kappa shape index (κ3) is 2.49. The molecule has 1 amide bonds. The van der Waals surface area contributed by atoms with Crippen molar-refractivity contribution >= 4 is 11.9 Å². The maximum Gasteiger partial charge on any atom is 0.339 e. The lowest BCUT2D eigenvalue weighted by Gasteiger charge is -2.42. The molecule has 3 saturated heterocycles. The zero-order valence-electron chi connectivity index (χ0n) is 14.2. The molecule has 1 spiro atoms. The lowest BCUT2D eigenvalue weighted by molar-refractivity contribution is -0.180. The Hall–Kier alpha value is -2.12. The molecule has 7 heteroatoms. The van der Waals surface area contributed by atoms with Crippen LogP contribution in [-0.4, -0.2) is 65.4 Å². The van der Waals surface area contributed by atoms with Crippen molar-refractivity contribution in [1.29, 1.82) is 0 Å². The average Bonchev–Trinajstić information content (AvgIpc) is 3.08. The standard InChI is InChI=1S/C18H22N2O5/c1-24-14-4-3-12(9-13(14)17(22)23)11-19-7-5-18-15(19)10-16(21)20(18)6-2-8-25-18/h3-4,9,15H,2,5-8,10-11H2,1H3,(H,22,23)/t15-,18+/m1/s1. The van der Waals surface area contributed by atoms with Gasteiger partial charge in [-0.1, -0.05) is 6.07 Å². The van der Waals surface area contributed by atoms with E-state index in [0.29, 0.717) is 25.3 Å². The van der Waals surface area contributed by atoms with E-state index in [4.69, 9.17) is 9.47 Å². The van der Waals surface area contributed by atoms with Crippen LogP contribution in [0, 0.1) is 0 Å². The highest BCUT2D eigenvalue weighted by Gasteiger charge is 2.60. The number of carboxylic acids is 1. The van der Waals surface area contributed by atoms with Crippen LogP contribution in [0.15, 0.2) is 18.2 Å². The molecule has 4 rings (SSSR count). The van der Waals surface area contributed by atoms with E-state index >= 15 is 0 Å². The van der Waals surface area contributed by atoms with Crippen molar-refractivity contribution in [2.45, 2.75) is 37.6 Å². The first-order chi connectivity index (χ1) is 12.0. The fourth-order valence-electron chi connectivity index (χ4n) is 4.48. The Kier molecular flexibility index (Phi) is 3.92. The number of carbonyl (C=O) groups is 2. The number of carbonyl (C=O) groups excluding carboxylic acids is 1. The molecule has 3 heterocycles. The second-order valence-corrected chi connectivity index (χ2v) is 6.87. The number of ether oxygens (including phenoxy) is 2. The Morgan fingerprint density at radius 3 is 3.04 bits per heavy atom. The van der Waals surface area contributed by atoms with Crippen LogP contribution in [0.1, 0.15) is 35.2 Å². The summed E-state index contributed by atoms with van der Waals surface area (Å²) < 4.78 is 11.2. The van der Waals surface area contributed by atoms with Crippen LogP contribution < -0.4 is 4.74 Å². The molecule has 0 saturated carbocycles. The van der Waals surface area contributed by atoms with Gasteiger partial charge in [-0.15, -0.1) is 0 Å². The summed E-state index contributed by atoms with van der Waals surface area (Å²) in [6, 6.07) is 5.26. The van der Waals surface area contributed by atoms with E-state index in [2.05, 4.69) is 4.90 Å². The molecule has 0 aromatic heterocycles. The largest absolute Gasteiger partial charge is 0.496 e. The van der Waals surface area contributed by atoms with Crippen molar-refractivity contribution in [3.05, 3.63) is 29.3 Å². The van der Waals surface area contributed by atoms with Gasteiger partial charge >= 0.3 is 5.97 Å². The molecule has 0 unspecified atom stereocenters. The fourth-order valence-corrected chi connectivity index (χ4v) is 4.48. The highest BCUT2D eigenvalue weighted by Crippen LogP contribution is 2.45. The minimum Gasteiger partial charge on any atom is -0.496 e. The van der Waals surface area contributed by atoms with Crippen LogP contribution in [0.25, 0.3) is 0 Å². The molecule has 2 atom stereocenters. The molecule has 3 fully saturated rings. The van der Waals surface area contributed by atoms with Gasteiger partial charge in [-0.25, -0.2) is 4.79 Å². The van der Waals surface area contributed by atoms with Crippen LogP contribution in [0.5, 0.6) is 5.75 Å². The molecule has 7 nitrogen and oxygen atoms in total. The monoisotopic (exact) mass is 346 g/mol. The first-order valence-electron chi connectivity index (χ1n) is 8.64. The van der Waals surface area contributed by atoms with Crippen molar-refractivity contribution in [3.63, 3.8) is 0 Å². The molecule has 1 aromatic rings. The summed E-state index contributed by atoms with van der Waals surface area (Å²) >= 11 is 0. The molecular weight excluding hydrogens is 324 g/mol. The number of nitrogens with zero attached hydrogens (tertiary/aromatic N) is 2. The summed E-state index contributed by atoms with van der Waals surface area (Å²) in [6.45, 7) is 2.90. The van der Waals surface area contributed by atoms with Gasteiger partial charge < -0.3 is 19.5 Å². The van der Waals surface area contributed by atoms with Gasteiger partial charge in [-0.3, -0.25) is 9.69 Å². The van der Waals surface area contributed by atoms with E-state index in [0.717, 1.165) is 31.5 Å². The van der Waals surface area contributed by atoms with Gasteiger partial charge in [0.1, 0.15) is 11.3 Å². The van der Waals surface area contributed by atoms with E-state index in [9.17, 15) is 14.7 Å². The fraction of sp³-hybridized carbons (Fsp3) is 0.556. The lowest BCUT2D eigenvalue weighted by Crippen LogP contribution is -2.56. The van der Waals surface area contributed by atoms with Gasteiger partial charge in [0.25, 0.3) is 0 Å². The van der Waals surface area contributed by atoms with Crippen molar-refractivity contribution in [3.8, 4) is 5.75 Å². The molecule has 3 aliphatic rings. The number of aromatic carboxylic acids is 1. The summed E-state index contributed by atoms with van der Waals surface area (Å²) in [6.07, 6.45) is 2.17. The maximum atomic E-state index is 12.4. The topological polar surface area (TPSA) is 79.3 Å². The second kappa shape index (κ2) is 6.00. The van der Waals surface area contributed by atoms with E-state index in [1.807, 2.05) is 11.0 Å². The van der Waals surface area contributed by atoms with Crippen LogP contribution in [0.4, 0.5) is 0 Å². The number of hydrogen-bond acceptors (Lipinski definition) is 5. The van der Waals surface area contributed by atoms with Crippen LogP contribution in [0.2, 0.25) is 0 Å². The molecule has 3 aliphatic heterocycles. The van der Waals surface area contributed by atoms with Gasteiger partial charge in [0, 0.05) is 32.5 Å². The quantitative estimate of drug-likeness (QED) is 0.886. The Morgan fingerprint density at radius 1 is 1.44 bits per heavy atom. The van der Waals surface area contributed by atoms with Gasteiger partial charge in [-0.05, 0) is 24.1 Å². The third-order valence-electron chi connectivity index (χ3n) is 5.60. The molecule has 134 valence electrons. The first-order valence-corrected chi connectivity index (χ1v) is 8.64. The zero-order chi connectivity index (χ0) is 17.6. The van der Waals surface area contributed by atoms with Gasteiger partial charge in [0.2, 0.25) is 5.91 Å². The van der Waals surface area contributed by atoms with Crippen molar-refractivity contribution < 1.29 is 24.2 Å². The Morgan fingerprint density at radius 2 is 2.28 bits per heavy atom. The Bertz CT molecular complexity index is 721. The Balaban J connectivity index is 1.57. The summed E-state index contributed by atoms with van der Waals surface area (Å²) in [5.74, 6) is -0.489. The number of likely N-dealkylation sites (tertiary alicyclic amines) is 1. The van der Waals surface area contributed by atoms with Crippen molar-refractivity contribution in [2.75, 3.05) is 26.8 Å². The van der Waals surface area contributed by atoms with Crippen LogP contribution in [-0.2, 0) is 16.1 Å². The Labute approximate surface area is 146 Å². The lowest BCUT2D eigenvalue weighted by atomic mass is 10.0. The molecule has 1 aromatic carbocycles. The van der Waals surface area contributed by atoms with E-state index in [1.54, 1.807) is 12.1 Å². The number of methoxy groups -OCH3 is 1. The summed E-state index contributed by atoms with van der Waals surface area (Å²) in [5.41, 5.74) is 0.584. The summed E-state index contributed by atoms with van der Waals surface area (Å²) in [7, 11) is 1.46. The highest BCUT2D eigenvalue weighted by atomic mass is 16.5. The van der Waals surface area contributed by atoms with Crippen LogP contribution >= 0.6 is 0 Å². The molecule has 0 radical (unpaired) electrons. The van der Waals surface area contributed by atoms with Gasteiger partial charge in [0.15, 0.2) is 5.72 Å². The number of benzene rings is 1. The second-order valence-electron chi connectivity index (χ2n) is 6.87. The SMILES string of the molecule is COc1ccc(CN2CC[C@@]34OCCCN3C(=O)C[C@@H]24)cc1C(=O)O. The minimum absolute atomic E-state index is 0.0377. The summed E-state index contributed by atoms with van der Waals surface area (Å²) in [5, 5.41) is 9.36. The predicted octanol–water partition coefficient (Wildman–Crippen LogP) is 1.32. The average molecular weight is 346 g/mol. The molecule has 0 aliphatic carbocycles.